The minimum Gasteiger partial charge on any atom is -0.398 e. The van der Waals surface area contributed by atoms with E-state index in [1.54, 1.807) is 19.1 Å². The van der Waals surface area contributed by atoms with Crippen molar-refractivity contribution in [2.24, 2.45) is 0 Å². The second-order valence-electron chi connectivity index (χ2n) is 4.63. The van der Waals surface area contributed by atoms with Gasteiger partial charge in [-0.25, -0.2) is 9.97 Å². The first kappa shape index (κ1) is 14.3. The van der Waals surface area contributed by atoms with E-state index in [4.69, 9.17) is 17.3 Å². The second-order valence-corrected chi connectivity index (χ2v) is 5.02. The summed E-state index contributed by atoms with van der Waals surface area (Å²) in [5.74, 6) is -0.130. The number of nitrogens with two attached hydrogens (primary N) is 1. The fourth-order valence-electron chi connectivity index (χ4n) is 1.87. The quantitative estimate of drug-likeness (QED) is 0.658. The highest BCUT2D eigenvalue weighted by Gasteiger charge is 2.13. The standard InChI is InChI=1S/C14H15ClN4O/c1-7-4-8(2)11(16)6-10(7)13(20)19-14-17-9(3)5-12(15)18-14/h4-6H,16H2,1-3H3,(H,17,18,19,20). The Labute approximate surface area is 122 Å². The second kappa shape index (κ2) is 5.46. The summed E-state index contributed by atoms with van der Waals surface area (Å²) in [7, 11) is 0. The SMILES string of the molecule is Cc1cc(Cl)nc(NC(=O)c2cc(N)c(C)cc2C)n1. The molecule has 0 aliphatic carbocycles. The maximum atomic E-state index is 12.2. The van der Waals surface area contributed by atoms with Crippen LogP contribution in [-0.2, 0) is 0 Å². The maximum absolute atomic E-state index is 12.2. The lowest BCUT2D eigenvalue weighted by Crippen LogP contribution is -2.16. The van der Waals surface area contributed by atoms with E-state index in [2.05, 4.69) is 15.3 Å². The summed E-state index contributed by atoms with van der Waals surface area (Å²) in [5, 5.41) is 2.91. The van der Waals surface area contributed by atoms with Crippen LogP contribution in [0.5, 0.6) is 0 Å². The number of nitrogens with zero attached hydrogens (tertiary/aromatic N) is 2. The molecule has 0 saturated heterocycles. The molecular formula is C14H15ClN4O. The topological polar surface area (TPSA) is 80.9 Å². The van der Waals surface area contributed by atoms with E-state index in [0.717, 1.165) is 11.1 Å². The molecule has 104 valence electrons. The van der Waals surface area contributed by atoms with E-state index in [-0.39, 0.29) is 17.0 Å². The fraction of sp³-hybridized carbons (Fsp3) is 0.214. The van der Waals surface area contributed by atoms with Gasteiger partial charge in [0.2, 0.25) is 5.95 Å². The lowest BCUT2D eigenvalue weighted by Gasteiger charge is -2.10. The lowest BCUT2D eigenvalue weighted by atomic mass is 10.0. The number of halogens is 1. The van der Waals surface area contributed by atoms with E-state index < -0.39 is 0 Å². The Hall–Kier alpha value is -2.14. The predicted molar refractivity (Wildman–Crippen MR) is 80.1 cm³/mol. The third kappa shape index (κ3) is 3.05. The normalized spacial score (nSPS) is 10.4. The number of nitrogens with one attached hydrogen (secondary N) is 1. The van der Waals surface area contributed by atoms with Crippen molar-refractivity contribution in [2.45, 2.75) is 20.8 Å². The van der Waals surface area contributed by atoms with Gasteiger partial charge in [-0.3, -0.25) is 10.1 Å². The molecule has 0 fully saturated rings. The molecule has 1 aromatic heterocycles. The Morgan fingerprint density at radius 3 is 2.50 bits per heavy atom. The predicted octanol–water partition coefficient (Wildman–Crippen LogP) is 2.89. The first-order chi connectivity index (χ1) is 9.36. The molecule has 0 aliphatic heterocycles. The Bertz CT molecular complexity index is 665. The molecule has 1 amide bonds. The molecule has 0 atom stereocenters. The molecule has 20 heavy (non-hydrogen) atoms. The molecule has 0 bridgehead atoms. The van der Waals surface area contributed by atoms with Crippen molar-refractivity contribution in [1.29, 1.82) is 0 Å². The minimum atomic E-state index is -0.309. The molecule has 3 N–H and O–H groups in total. The average molecular weight is 291 g/mol. The number of carbonyl (C=O) groups is 1. The zero-order valence-electron chi connectivity index (χ0n) is 11.5. The van der Waals surface area contributed by atoms with Crippen LogP contribution in [0.15, 0.2) is 18.2 Å². The smallest absolute Gasteiger partial charge is 0.258 e. The first-order valence-corrected chi connectivity index (χ1v) is 6.44. The summed E-state index contributed by atoms with van der Waals surface area (Å²) in [6, 6.07) is 5.14. The lowest BCUT2D eigenvalue weighted by molar-refractivity contribution is 0.102. The van der Waals surface area contributed by atoms with Gasteiger partial charge < -0.3 is 5.73 Å². The van der Waals surface area contributed by atoms with Gasteiger partial charge in [-0.15, -0.1) is 0 Å². The summed E-state index contributed by atoms with van der Waals surface area (Å²) < 4.78 is 0. The Balaban J connectivity index is 2.30. The highest BCUT2D eigenvalue weighted by atomic mass is 35.5. The summed E-state index contributed by atoms with van der Waals surface area (Å²) in [4.78, 5) is 20.3. The zero-order valence-corrected chi connectivity index (χ0v) is 12.2. The van der Waals surface area contributed by atoms with Crippen LogP contribution in [0.25, 0.3) is 0 Å². The van der Waals surface area contributed by atoms with Crippen LogP contribution >= 0.6 is 11.6 Å². The molecule has 0 saturated carbocycles. The number of aromatic nitrogens is 2. The summed E-state index contributed by atoms with van der Waals surface area (Å²) in [6.45, 7) is 5.53. The van der Waals surface area contributed by atoms with Gasteiger partial charge in [0.25, 0.3) is 5.91 Å². The summed E-state index contributed by atoms with van der Waals surface area (Å²) >= 11 is 5.83. The molecule has 0 spiro atoms. The van der Waals surface area contributed by atoms with E-state index in [9.17, 15) is 4.79 Å². The molecule has 1 aromatic carbocycles. The highest BCUT2D eigenvalue weighted by molar-refractivity contribution is 6.29. The number of carbonyl (C=O) groups excluding carboxylic acids is 1. The molecule has 0 radical (unpaired) electrons. The van der Waals surface area contributed by atoms with Crippen LogP contribution in [0, 0.1) is 20.8 Å². The average Bonchev–Trinajstić information content (AvgIpc) is 2.32. The van der Waals surface area contributed by atoms with Crippen molar-refractivity contribution in [3.8, 4) is 0 Å². The van der Waals surface area contributed by atoms with Crippen molar-refractivity contribution in [1.82, 2.24) is 9.97 Å². The van der Waals surface area contributed by atoms with E-state index in [0.29, 0.717) is 16.9 Å². The van der Waals surface area contributed by atoms with Crippen molar-refractivity contribution in [2.75, 3.05) is 11.1 Å². The summed E-state index contributed by atoms with van der Waals surface area (Å²) in [6.07, 6.45) is 0. The zero-order chi connectivity index (χ0) is 14.9. The number of aryl methyl sites for hydroxylation is 3. The van der Waals surface area contributed by atoms with Gasteiger partial charge in [0, 0.05) is 16.9 Å². The number of anilines is 2. The van der Waals surface area contributed by atoms with Gasteiger partial charge in [-0.05, 0) is 44.0 Å². The number of amides is 1. The number of hydrogen-bond donors (Lipinski definition) is 2. The number of hydrogen-bond acceptors (Lipinski definition) is 4. The minimum absolute atomic E-state index is 0.179. The van der Waals surface area contributed by atoms with Crippen LogP contribution in [0.3, 0.4) is 0 Å². The fourth-order valence-corrected chi connectivity index (χ4v) is 2.11. The molecule has 2 rings (SSSR count). The van der Waals surface area contributed by atoms with E-state index in [1.807, 2.05) is 19.9 Å². The number of rotatable bonds is 2. The van der Waals surface area contributed by atoms with Gasteiger partial charge in [0.15, 0.2) is 0 Å². The van der Waals surface area contributed by atoms with Crippen molar-refractivity contribution in [3.05, 3.63) is 45.7 Å². The Morgan fingerprint density at radius 1 is 1.15 bits per heavy atom. The Morgan fingerprint density at radius 2 is 1.85 bits per heavy atom. The molecule has 1 heterocycles. The highest BCUT2D eigenvalue weighted by Crippen LogP contribution is 2.19. The van der Waals surface area contributed by atoms with Crippen molar-refractivity contribution in [3.63, 3.8) is 0 Å². The van der Waals surface area contributed by atoms with Crippen LogP contribution in [-0.4, -0.2) is 15.9 Å². The summed E-state index contributed by atoms with van der Waals surface area (Å²) in [5.41, 5.74) is 9.36. The van der Waals surface area contributed by atoms with Gasteiger partial charge in [0.05, 0.1) is 0 Å². The number of nitrogen functional groups attached to an aromatic ring is 1. The Kier molecular flexibility index (Phi) is 3.90. The van der Waals surface area contributed by atoms with E-state index >= 15 is 0 Å². The molecule has 0 aliphatic rings. The molecule has 5 nitrogen and oxygen atoms in total. The van der Waals surface area contributed by atoms with Gasteiger partial charge in [0.1, 0.15) is 5.15 Å². The molecule has 0 unspecified atom stereocenters. The first-order valence-electron chi connectivity index (χ1n) is 6.06. The third-order valence-electron chi connectivity index (χ3n) is 2.91. The van der Waals surface area contributed by atoms with Crippen molar-refractivity contribution < 1.29 is 4.79 Å². The van der Waals surface area contributed by atoms with Gasteiger partial charge >= 0.3 is 0 Å². The van der Waals surface area contributed by atoms with E-state index in [1.165, 1.54) is 0 Å². The molecule has 6 heteroatoms. The molecule has 2 aromatic rings. The van der Waals surface area contributed by atoms with Crippen molar-refractivity contribution >= 4 is 29.1 Å². The van der Waals surface area contributed by atoms with Gasteiger partial charge in [-0.2, -0.15) is 0 Å². The van der Waals surface area contributed by atoms with Crippen LogP contribution in [0.1, 0.15) is 27.2 Å². The van der Waals surface area contributed by atoms with Crippen LogP contribution < -0.4 is 11.1 Å². The number of benzene rings is 1. The monoisotopic (exact) mass is 290 g/mol. The van der Waals surface area contributed by atoms with Crippen LogP contribution in [0.2, 0.25) is 5.15 Å². The van der Waals surface area contributed by atoms with Crippen LogP contribution in [0.4, 0.5) is 11.6 Å². The largest absolute Gasteiger partial charge is 0.398 e. The molecular weight excluding hydrogens is 276 g/mol. The van der Waals surface area contributed by atoms with Gasteiger partial charge in [-0.1, -0.05) is 17.7 Å². The third-order valence-corrected chi connectivity index (χ3v) is 3.10. The maximum Gasteiger partial charge on any atom is 0.258 e.